The molecule has 0 saturated carbocycles. The fourth-order valence-corrected chi connectivity index (χ4v) is 1.96. The van der Waals surface area contributed by atoms with Crippen molar-refractivity contribution in [2.24, 2.45) is 0 Å². The number of hydrogen-bond donors (Lipinski definition) is 0. The smallest absolute Gasteiger partial charge is 0.306 e. The lowest BCUT2D eigenvalue weighted by Crippen LogP contribution is -2.15. The van der Waals surface area contributed by atoms with Crippen molar-refractivity contribution >= 4 is 11.8 Å². The third kappa shape index (κ3) is 11.9. The molecule has 0 spiro atoms. The molecule has 0 heterocycles. The molecule has 0 aromatic rings. The number of carbonyl (C=O) groups excluding carboxylic acids is 2. The van der Waals surface area contributed by atoms with Gasteiger partial charge >= 0.3 is 5.97 Å². The Kier molecular flexibility index (Phi) is 11.6. The van der Waals surface area contributed by atoms with Gasteiger partial charge in [0.25, 0.3) is 0 Å². The Morgan fingerprint density at radius 1 is 0.895 bits per heavy atom. The van der Waals surface area contributed by atoms with Crippen LogP contribution >= 0.6 is 0 Å². The summed E-state index contributed by atoms with van der Waals surface area (Å²) in [6, 6.07) is 0. The van der Waals surface area contributed by atoms with Crippen LogP contribution in [0.1, 0.15) is 85.0 Å². The largest absolute Gasteiger partial charge is 0.463 e. The van der Waals surface area contributed by atoms with Crippen molar-refractivity contribution in [1.82, 2.24) is 0 Å². The first-order valence-electron chi connectivity index (χ1n) is 7.81. The highest BCUT2D eigenvalue weighted by molar-refractivity contribution is 5.82. The zero-order valence-corrected chi connectivity index (χ0v) is 12.9. The Morgan fingerprint density at radius 3 is 2.16 bits per heavy atom. The second kappa shape index (κ2) is 12.2. The van der Waals surface area contributed by atoms with E-state index in [-0.39, 0.29) is 24.3 Å². The first kappa shape index (κ1) is 18.1. The number of rotatable bonds is 12. The van der Waals surface area contributed by atoms with Crippen LogP contribution in [0, 0.1) is 0 Å². The number of ketones is 1. The molecule has 112 valence electrons. The highest BCUT2D eigenvalue weighted by Gasteiger charge is 2.11. The van der Waals surface area contributed by atoms with Gasteiger partial charge in [-0.15, -0.1) is 0 Å². The molecule has 0 aliphatic heterocycles. The number of carbonyl (C=O) groups is 2. The van der Waals surface area contributed by atoms with E-state index in [0.717, 1.165) is 32.1 Å². The Bertz CT molecular complexity index is 248. The number of esters is 1. The predicted octanol–water partition coefficient (Wildman–Crippen LogP) is 4.43. The van der Waals surface area contributed by atoms with Gasteiger partial charge in [0.2, 0.25) is 0 Å². The molecule has 0 unspecified atom stereocenters. The summed E-state index contributed by atoms with van der Waals surface area (Å²) in [5.41, 5.74) is 0. The monoisotopic (exact) mass is 270 g/mol. The van der Waals surface area contributed by atoms with E-state index in [1.54, 1.807) is 0 Å². The van der Waals surface area contributed by atoms with Crippen LogP contribution < -0.4 is 0 Å². The number of hydrogen-bond acceptors (Lipinski definition) is 3. The molecule has 0 saturated heterocycles. The Balaban J connectivity index is 3.59. The summed E-state index contributed by atoms with van der Waals surface area (Å²) in [5.74, 6) is -0.0446. The Hall–Kier alpha value is -0.860. The number of Topliss-reactive ketones (excluding diaryl/α,β-unsaturated/α-hetero) is 1. The van der Waals surface area contributed by atoms with Crippen LogP contribution in [0.2, 0.25) is 0 Å². The fourth-order valence-electron chi connectivity index (χ4n) is 1.96. The third-order valence-electron chi connectivity index (χ3n) is 3.21. The maximum atomic E-state index is 11.5. The SMILES string of the molecule is CCCCCC(=O)CCC(=O)O[C@H](C)CCCCC. The highest BCUT2D eigenvalue weighted by Crippen LogP contribution is 2.09. The van der Waals surface area contributed by atoms with Gasteiger partial charge in [0.05, 0.1) is 12.5 Å². The molecule has 19 heavy (non-hydrogen) atoms. The summed E-state index contributed by atoms with van der Waals surface area (Å²) in [6.07, 6.45) is 8.68. The summed E-state index contributed by atoms with van der Waals surface area (Å²) in [7, 11) is 0. The van der Waals surface area contributed by atoms with Crippen molar-refractivity contribution in [3.05, 3.63) is 0 Å². The molecule has 0 N–H and O–H groups in total. The third-order valence-corrected chi connectivity index (χ3v) is 3.21. The molecule has 0 aliphatic rings. The van der Waals surface area contributed by atoms with Crippen LogP contribution in [0.25, 0.3) is 0 Å². The van der Waals surface area contributed by atoms with Crippen LogP contribution in [0.5, 0.6) is 0 Å². The van der Waals surface area contributed by atoms with Gasteiger partial charge in [-0.2, -0.15) is 0 Å². The second-order valence-corrected chi connectivity index (χ2v) is 5.29. The van der Waals surface area contributed by atoms with Gasteiger partial charge in [-0.1, -0.05) is 39.5 Å². The van der Waals surface area contributed by atoms with Gasteiger partial charge in [0, 0.05) is 12.8 Å². The zero-order valence-electron chi connectivity index (χ0n) is 12.9. The molecule has 0 radical (unpaired) electrons. The molecule has 0 aromatic heterocycles. The first-order chi connectivity index (χ1) is 9.10. The average molecular weight is 270 g/mol. The molecule has 0 rings (SSSR count). The van der Waals surface area contributed by atoms with Crippen molar-refractivity contribution in [3.8, 4) is 0 Å². The van der Waals surface area contributed by atoms with E-state index in [1.165, 1.54) is 12.8 Å². The van der Waals surface area contributed by atoms with Crippen molar-refractivity contribution in [2.75, 3.05) is 0 Å². The average Bonchev–Trinajstić information content (AvgIpc) is 2.37. The van der Waals surface area contributed by atoms with E-state index in [2.05, 4.69) is 13.8 Å². The number of unbranched alkanes of at least 4 members (excludes halogenated alkanes) is 4. The maximum Gasteiger partial charge on any atom is 0.306 e. The van der Waals surface area contributed by atoms with Gasteiger partial charge < -0.3 is 4.74 Å². The van der Waals surface area contributed by atoms with Crippen LogP contribution in [-0.4, -0.2) is 17.9 Å². The van der Waals surface area contributed by atoms with Gasteiger partial charge in [-0.25, -0.2) is 0 Å². The lowest BCUT2D eigenvalue weighted by atomic mass is 10.1. The van der Waals surface area contributed by atoms with E-state index >= 15 is 0 Å². The molecule has 0 bridgehead atoms. The lowest BCUT2D eigenvalue weighted by Gasteiger charge is -2.12. The summed E-state index contributed by atoms with van der Waals surface area (Å²) >= 11 is 0. The first-order valence-corrected chi connectivity index (χ1v) is 7.81. The predicted molar refractivity (Wildman–Crippen MR) is 78.1 cm³/mol. The van der Waals surface area contributed by atoms with Crippen LogP contribution in [-0.2, 0) is 14.3 Å². The standard InChI is InChI=1S/C16H30O3/c1-4-6-8-10-14(3)19-16(18)13-12-15(17)11-9-7-5-2/h14H,4-13H2,1-3H3/t14-/m1/s1. The maximum absolute atomic E-state index is 11.5. The Morgan fingerprint density at radius 2 is 1.53 bits per heavy atom. The fraction of sp³-hybridized carbons (Fsp3) is 0.875. The topological polar surface area (TPSA) is 43.4 Å². The molecule has 0 fully saturated rings. The lowest BCUT2D eigenvalue weighted by molar-refractivity contribution is -0.149. The summed E-state index contributed by atoms with van der Waals surface area (Å²) < 4.78 is 5.28. The highest BCUT2D eigenvalue weighted by atomic mass is 16.5. The van der Waals surface area contributed by atoms with E-state index in [0.29, 0.717) is 12.8 Å². The minimum absolute atomic E-state index is 0.0192. The van der Waals surface area contributed by atoms with E-state index in [4.69, 9.17) is 4.74 Å². The quantitative estimate of drug-likeness (QED) is 0.389. The van der Waals surface area contributed by atoms with Gasteiger partial charge in [-0.3, -0.25) is 9.59 Å². The zero-order chi connectivity index (χ0) is 14.5. The molecule has 0 aliphatic carbocycles. The minimum Gasteiger partial charge on any atom is -0.463 e. The van der Waals surface area contributed by atoms with Crippen LogP contribution in [0.3, 0.4) is 0 Å². The van der Waals surface area contributed by atoms with Gasteiger partial charge in [-0.05, 0) is 26.2 Å². The van der Waals surface area contributed by atoms with Crippen LogP contribution in [0.4, 0.5) is 0 Å². The van der Waals surface area contributed by atoms with Crippen molar-refractivity contribution < 1.29 is 14.3 Å². The molecule has 0 amide bonds. The number of ether oxygens (including phenoxy) is 1. The summed E-state index contributed by atoms with van der Waals surface area (Å²) in [5, 5.41) is 0. The van der Waals surface area contributed by atoms with Gasteiger partial charge in [0.15, 0.2) is 0 Å². The second-order valence-electron chi connectivity index (χ2n) is 5.29. The molecule has 0 aromatic carbocycles. The van der Waals surface area contributed by atoms with Crippen molar-refractivity contribution in [3.63, 3.8) is 0 Å². The molecule has 3 heteroatoms. The van der Waals surface area contributed by atoms with Crippen LogP contribution in [0.15, 0.2) is 0 Å². The van der Waals surface area contributed by atoms with Crippen molar-refractivity contribution in [2.45, 2.75) is 91.1 Å². The summed E-state index contributed by atoms with van der Waals surface area (Å²) in [6.45, 7) is 6.19. The molecule has 3 nitrogen and oxygen atoms in total. The molecule has 1 atom stereocenters. The molecular formula is C16H30O3. The normalized spacial score (nSPS) is 12.2. The molecular weight excluding hydrogens is 240 g/mol. The van der Waals surface area contributed by atoms with E-state index < -0.39 is 0 Å². The summed E-state index contributed by atoms with van der Waals surface area (Å²) in [4.78, 5) is 23.1. The van der Waals surface area contributed by atoms with Gasteiger partial charge in [0.1, 0.15) is 5.78 Å². The van der Waals surface area contributed by atoms with E-state index in [1.807, 2.05) is 6.92 Å². The Labute approximate surface area is 118 Å². The minimum atomic E-state index is -0.229. The van der Waals surface area contributed by atoms with Crippen molar-refractivity contribution in [1.29, 1.82) is 0 Å². The van der Waals surface area contributed by atoms with E-state index in [9.17, 15) is 9.59 Å².